The fourth-order valence-corrected chi connectivity index (χ4v) is 4.59. The molecular formula is C21H29F4NO. The summed E-state index contributed by atoms with van der Waals surface area (Å²) in [4.78, 5) is 2.41. The summed E-state index contributed by atoms with van der Waals surface area (Å²) in [5, 5.41) is 0. The lowest BCUT2D eigenvalue weighted by molar-refractivity contribution is -0.138. The van der Waals surface area contributed by atoms with Gasteiger partial charge < -0.3 is 9.64 Å². The van der Waals surface area contributed by atoms with Crippen molar-refractivity contribution in [2.45, 2.75) is 63.1 Å². The van der Waals surface area contributed by atoms with Crippen molar-refractivity contribution in [3.05, 3.63) is 35.1 Å². The van der Waals surface area contributed by atoms with E-state index in [1.54, 1.807) is 0 Å². The van der Waals surface area contributed by atoms with Crippen LogP contribution in [0.2, 0.25) is 0 Å². The van der Waals surface area contributed by atoms with Crippen LogP contribution in [0.4, 0.5) is 17.6 Å². The number of hydrogen-bond donors (Lipinski definition) is 0. The molecule has 0 atom stereocenters. The number of halogens is 4. The Labute approximate surface area is 158 Å². The van der Waals surface area contributed by atoms with Crippen LogP contribution in [0.5, 0.6) is 0 Å². The van der Waals surface area contributed by atoms with Crippen LogP contribution in [0.15, 0.2) is 18.2 Å². The molecule has 0 amide bonds. The maximum absolute atomic E-state index is 13.3. The van der Waals surface area contributed by atoms with Crippen molar-refractivity contribution < 1.29 is 22.3 Å². The molecule has 152 valence electrons. The summed E-state index contributed by atoms with van der Waals surface area (Å²) < 4.78 is 58.5. The first kappa shape index (κ1) is 20.6. The third kappa shape index (κ3) is 5.44. The highest BCUT2D eigenvalue weighted by Gasteiger charge is 2.36. The van der Waals surface area contributed by atoms with Crippen LogP contribution in [-0.2, 0) is 10.9 Å². The molecule has 0 aromatic heterocycles. The van der Waals surface area contributed by atoms with Gasteiger partial charge in [-0.25, -0.2) is 4.39 Å². The Kier molecular flexibility index (Phi) is 6.79. The summed E-state index contributed by atoms with van der Waals surface area (Å²) in [6.07, 6.45) is 2.14. The van der Waals surface area contributed by atoms with E-state index in [1.165, 1.54) is 6.07 Å². The predicted molar refractivity (Wildman–Crippen MR) is 97.2 cm³/mol. The van der Waals surface area contributed by atoms with Crippen LogP contribution in [0, 0.1) is 11.7 Å². The minimum atomic E-state index is -4.50. The lowest BCUT2D eigenvalue weighted by atomic mass is 9.76. The van der Waals surface area contributed by atoms with E-state index in [1.807, 2.05) is 0 Å². The lowest BCUT2D eigenvalue weighted by Crippen LogP contribution is -2.37. The van der Waals surface area contributed by atoms with Crippen LogP contribution >= 0.6 is 0 Å². The van der Waals surface area contributed by atoms with E-state index in [4.69, 9.17) is 4.74 Å². The Morgan fingerprint density at radius 1 is 1.04 bits per heavy atom. The van der Waals surface area contributed by atoms with Gasteiger partial charge in [0.15, 0.2) is 0 Å². The minimum Gasteiger partial charge on any atom is -0.381 e. The molecule has 0 bridgehead atoms. The predicted octanol–water partition coefficient (Wildman–Crippen LogP) is 5.62. The largest absolute Gasteiger partial charge is 0.416 e. The molecule has 0 N–H and O–H groups in total. The molecule has 0 radical (unpaired) electrons. The Balaban J connectivity index is 1.52. The highest BCUT2D eigenvalue weighted by Crippen LogP contribution is 2.42. The highest BCUT2D eigenvalue weighted by molar-refractivity contribution is 5.33. The van der Waals surface area contributed by atoms with E-state index in [0.717, 1.165) is 70.8 Å². The van der Waals surface area contributed by atoms with Gasteiger partial charge in [-0.2, -0.15) is 13.2 Å². The van der Waals surface area contributed by atoms with E-state index in [9.17, 15) is 17.6 Å². The molecule has 1 saturated carbocycles. The molecule has 1 aromatic rings. The average molecular weight is 387 g/mol. The number of nitrogens with zero attached hydrogens (tertiary/aromatic N) is 1. The van der Waals surface area contributed by atoms with Gasteiger partial charge in [0.2, 0.25) is 0 Å². The SMILES string of the molecule is CN(CC[C@H]1CC[C@H](c2ccc(F)cc2C(F)(F)F)CC1)C1CCOCC1. The first-order valence-corrected chi connectivity index (χ1v) is 9.99. The van der Waals surface area contributed by atoms with Crippen molar-refractivity contribution in [1.82, 2.24) is 4.90 Å². The number of hydrogen-bond acceptors (Lipinski definition) is 2. The van der Waals surface area contributed by atoms with E-state index < -0.39 is 17.6 Å². The third-order valence-electron chi connectivity index (χ3n) is 6.31. The molecule has 2 nitrogen and oxygen atoms in total. The molecule has 2 fully saturated rings. The normalized spacial score (nSPS) is 25.1. The van der Waals surface area contributed by atoms with Crippen LogP contribution < -0.4 is 0 Å². The van der Waals surface area contributed by atoms with Crippen LogP contribution in [-0.4, -0.2) is 37.7 Å². The van der Waals surface area contributed by atoms with Gasteiger partial charge in [0.25, 0.3) is 0 Å². The molecular weight excluding hydrogens is 358 g/mol. The summed E-state index contributed by atoms with van der Waals surface area (Å²) in [6, 6.07) is 3.72. The van der Waals surface area contributed by atoms with Gasteiger partial charge in [-0.15, -0.1) is 0 Å². The molecule has 1 saturated heterocycles. The van der Waals surface area contributed by atoms with Crippen molar-refractivity contribution in [3.63, 3.8) is 0 Å². The summed E-state index contributed by atoms with van der Waals surface area (Å²) >= 11 is 0. The second-order valence-corrected chi connectivity index (χ2v) is 8.06. The molecule has 1 heterocycles. The van der Waals surface area contributed by atoms with E-state index in [2.05, 4.69) is 11.9 Å². The fraction of sp³-hybridized carbons (Fsp3) is 0.714. The number of benzene rings is 1. The Hall–Kier alpha value is -1.14. The highest BCUT2D eigenvalue weighted by atomic mass is 19.4. The van der Waals surface area contributed by atoms with Gasteiger partial charge in [0.1, 0.15) is 5.82 Å². The first-order valence-electron chi connectivity index (χ1n) is 9.99. The van der Waals surface area contributed by atoms with E-state index in [0.29, 0.717) is 18.0 Å². The first-order chi connectivity index (χ1) is 12.8. The van der Waals surface area contributed by atoms with Gasteiger partial charge in [-0.05, 0) is 88.1 Å². The zero-order valence-electron chi connectivity index (χ0n) is 15.9. The second kappa shape index (κ2) is 8.91. The van der Waals surface area contributed by atoms with E-state index in [-0.39, 0.29) is 11.5 Å². The molecule has 1 aliphatic heterocycles. The summed E-state index contributed by atoms with van der Waals surface area (Å²) in [5.74, 6) is -0.374. The zero-order chi connectivity index (χ0) is 19.4. The van der Waals surface area contributed by atoms with Gasteiger partial charge in [-0.1, -0.05) is 6.07 Å². The minimum absolute atomic E-state index is 0.119. The van der Waals surface area contributed by atoms with Crippen molar-refractivity contribution in [1.29, 1.82) is 0 Å². The molecule has 0 unspecified atom stereocenters. The lowest BCUT2D eigenvalue weighted by Gasteiger charge is -2.34. The standard InChI is InChI=1S/C21H29F4NO/c1-26(18-9-12-27-13-10-18)11-8-15-2-4-16(5-3-15)19-7-6-17(22)14-20(19)21(23,24)25/h6-7,14-16,18H,2-5,8-13H2,1H3/t15-,16-. The maximum atomic E-state index is 13.3. The van der Waals surface area contributed by atoms with Crippen LogP contribution in [0.1, 0.15) is 62.0 Å². The fourth-order valence-electron chi connectivity index (χ4n) is 4.59. The molecule has 1 aromatic carbocycles. The Morgan fingerprint density at radius 2 is 1.70 bits per heavy atom. The molecule has 1 aliphatic carbocycles. The molecule has 0 spiro atoms. The smallest absolute Gasteiger partial charge is 0.381 e. The van der Waals surface area contributed by atoms with Gasteiger partial charge in [-0.3, -0.25) is 0 Å². The van der Waals surface area contributed by atoms with Gasteiger partial charge >= 0.3 is 6.18 Å². The monoisotopic (exact) mass is 387 g/mol. The topological polar surface area (TPSA) is 12.5 Å². The van der Waals surface area contributed by atoms with Crippen LogP contribution in [0.25, 0.3) is 0 Å². The van der Waals surface area contributed by atoms with Gasteiger partial charge in [0.05, 0.1) is 5.56 Å². The molecule has 3 rings (SSSR count). The zero-order valence-corrected chi connectivity index (χ0v) is 15.9. The summed E-state index contributed by atoms with van der Waals surface area (Å²) in [5.41, 5.74) is -0.535. The number of rotatable bonds is 5. The number of ether oxygens (including phenoxy) is 1. The van der Waals surface area contributed by atoms with Crippen molar-refractivity contribution in [2.75, 3.05) is 26.8 Å². The second-order valence-electron chi connectivity index (χ2n) is 8.06. The Morgan fingerprint density at radius 3 is 2.33 bits per heavy atom. The summed E-state index contributed by atoms with van der Waals surface area (Å²) in [6.45, 7) is 2.70. The molecule has 2 aliphatic rings. The van der Waals surface area contributed by atoms with Crippen molar-refractivity contribution >= 4 is 0 Å². The maximum Gasteiger partial charge on any atom is 0.416 e. The van der Waals surface area contributed by atoms with Crippen LogP contribution in [0.3, 0.4) is 0 Å². The van der Waals surface area contributed by atoms with Crippen molar-refractivity contribution in [3.8, 4) is 0 Å². The third-order valence-corrected chi connectivity index (χ3v) is 6.31. The number of alkyl halides is 3. The molecule has 27 heavy (non-hydrogen) atoms. The Bertz CT molecular complexity index is 605. The van der Waals surface area contributed by atoms with Gasteiger partial charge in [0, 0.05) is 19.3 Å². The molecule has 6 heteroatoms. The average Bonchev–Trinajstić information content (AvgIpc) is 2.66. The summed E-state index contributed by atoms with van der Waals surface area (Å²) in [7, 11) is 2.16. The van der Waals surface area contributed by atoms with E-state index >= 15 is 0 Å². The quantitative estimate of drug-likeness (QED) is 0.608. The van der Waals surface area contributed by atoms with Crippen molar-refractivity contribution in [2.24, 2.45) is 5.92 Å².